The van der Waals surface area contributed by atoms with Gasteiger partial charge >= 0.3 is 6.09 Å². The van der Waals surface area contributed by atoms with E-state index in [0.29, 0.717) is 0 Å². The summed E-state index contributed by atoms with van der Waals surface area (Å²) in [6.45, 7) is 5.34. The van der Waals surface area contributed by atoms with Gasteiger partial charge in [0.1, 0.15) is 5.54 Å². The SMILES string of the molecule is CC.COC(=O)NC1(C(C)=O)CCS(=O)(=O)CC1. The van der Waals surface area contributed by atoms with Gasteiger partial charge in [0, 0.05) is 0 Å². The molecule has 1 amide bonds. The molecule has 1 rings (SSSR count). The third-order valence-electron chi connectivity index (χ3n) is 2.88. The highest BCUT2D eigenvalue weighted by molar-refractivity contribution is 7.91. The van der Waals surface area contributed by atoms with Gasteiger partial charge in [-0.05, 0) is 19.8 Å². The lowest BCUT2D eigenvalue weighted by atomic mass is 9.88. The maximum absolute atomic E-state index is 11.5. The number of sulfone groups is 1. The average Bonchev–Trinajstić information content (AvgIpc) is 2.34. The van der Waals surface area contributed by atoms with Crippen molar-refractivity contribution in [2.75, 3.05) is 18.6 Å². The van der Waals surface area contributed by atoms with Gasteiger partial charge in [-0.3, -0.25) is 4.79 Å². The van der Waals surface area contributed by atoms with Gasteiger partial charge in [0.05, 0.1) is 18.6 Å². The van der Waals surface area contributed by atoms with Crippen LogP contribution in [0, 0.1) is 0 Å². The molecule has 7 heteroatoms. The minimum atomic E-state index is -3.07. The number of methoxy groups -OCH3 is 1. The number of nitrogens with one attached hydrogen (secondary N) is 1. The Morgan fingerprint density at radius 2 is 1.61 bits per heavy atom. The summed E-state index contributed by atoms with van der Waals surface area (Å²) in [5.74, 6) is -0.416. The number of ether oxygens (including phenoxy) is 1. The van der Waals surface area contributed by atoms with Crippen molar-refractivity contribution in [2.45, 2.75) is 39.2 Å². The number of amides is 1. The van der Waals surface area contributed by atoms with Crippen LogP contribution in [0.4, 0.5) is 4.79 Å². The van der Waals surface area contributed by atoms with Crippen LogP contribution in [0.15, 0.2) is 0 Å². The summed E-state index contributed by atoms with van der Waals surface area (Å²) < 4.78 is 27.0. The summed E-state index contributed by atoms with van der Waals surface area (Å²) >= 11 is 0. The van der Waals surface area contributed by atoms with Crippen molar-refractivity contribution in [3.63, 3.8) is 0 Å². The van der Waals surface area contributed by atoms with E-state index in [4.69, 9.17) is 0 Å². The Morgan fingerprint density at radius 3 is 1.94 bits per heavy atom. The zero-order valence-electron chi connectivity index (χ0n) is 11.3. The molecular weight excluding hydrogens is 258 g/mol. The highest BCUT2D eigenvalue weighted by Crippen LogP contribution is 2.25. The quantitative estimate of drug-likeness (QED) is 0.811. The monoisotopic (exact) mass is 279 g/mol. The average molecular weight is 279 g/mol. The van der Waals surface area contributed by atoms with E-state index in [0.717, 1.165) is 0 Å². The van der Waals surface area contributed by atoms with Crippen LogP contribution in [0.5, 0.6) is 0 Å². The van der Waals surface area contributed by atoms with E-state index in [-0.39, 0.29) is 30.1 Å². The molecule has 1 heterocycles. The van der Waals surface area contributed by atoms with Crippen molar-refractivity contribution in [3.8, 4) is 0 Å². The fourth-order valence-corrected chi connectivity index (χ4v) is 3.22. The molecular formula is C11H21NO5S. The first-order chi connectivity index (χ1) is 8.31. The second kappa shape index (κ2) is 6.72. The summed E-state index contributed by atoms with van der Waals surface area (Å²) in [7, 11) is -1.88. The molecule has 0 spiro atoms. The van der Waals surface area contributed by atoms with Crippen molar-refractivity contribution in [3.05, 3.63) is 0 Å². The van der Waals surface area contributed by atoms with Crippen molar-refractivity contribution >= 4 is 21.7 Å². The molecule has 0 aromatic heterocycles. The van der Waals surface area contributed by atoms with Gasteiger partial charge in [-0.2, -0.15) is 0 Å². The molecule has 0 bridgehead atoms. The largest absolute Gasteiger partial charge is 0.453 e. The minimum absolute atomic E-state index is 0.0867. The lowest BCUT2D eigenvalue weighted by Crippen LogP contribution is -2.57. The zero-order chi connectivity index (χ0) is 14.4. The van der Waals surface area contributed by atoms with E-state index in [9.17, 15) is 18.0 Å². The van der Waals surface area contributed by atoms with Crippen molar-refractivity contribution < 1.29 is 22.7 Å². The van der Waals surface area contributed by atoms with Crippen LogP contribution in [0.3, 0.4) is 0 Å². The molecule has 0 aromatic carbocycles. The van der Waals surface area contributed by atoms with Crippen LogP contribution in [-0.4, -0.2) is 44.4 Å². The summed E-state index contributed by atoms with van der Waals surface area (Å²) in [5.41, 5.74) is -1.08. The Morgan fingerprint density at radius 1 is 1.17 bits per heavy atom. The first-order valence-corrected chi connectivity index (χ1v) is 7.71. The fourth-order valence-electron chi connectivity index (χ4n) is 1.70. The number of Topliss-reactive ketones (excluding diaryl/α,β-unsaturated/α-hetero) is 1. The molecule has 1 saturated heterocycles. The summed E-state index contributed by atoms with van der Waals surface area (Å²) in [6.07, 6.45) is -0.492. The number of hydrogen-bond donors (Lipinski definition) is 1. The molecule has 1 aliphatic heterocycles. The summed E-state index contributed by atoms with van der Waals surface area (Å²) in [6, 6.07) is 0. The van der Waals surface area contributed by atoms with Crippen LogP contribution >= 0.6 is 0 Å². The number of hydrogen-bond acceptors (Lipinski definition) is 5. The van der Waals surface area contributed by atoms with Crippen molar-refractivity contribution in [2.24, 2.45) is 0 Å². The molecule has 0 radical (unpaired) electrons. The molecule has 0 saturated carbocycles. The molecule has 0 aliphatic carbocycles. The molecule has 18 heavy (non-hydrogen) atoms. The number of carbonyl (C=O) groups excluding carboxylic acids is 2. The van der Waals surface area contributed by atoms with Gasteiger partial charge in [-0.25, -0.2) is 13.2 Å². The van der Waals surface area contributed by atoms with E-state index in [1.165, 1.54) is 14.0 Å². The molecule has 1 fully saturated rings. The minimum Gasteiger partial charge on any atom is -0.453 e. The normalized spacial score (nSPS) is 20.0. The summed E-state index contributed by atoms with van der Waals surface area (Å²) in [5, 5.41) is 2.44. The third-order valence-corrected chi connectivity index (χ3v) is 4.53. The maximum atomic E-state index is 11.5. The summed E-state index contributed by atoms with van der Waals surface area (Å²) in [4.78, 5) is 22.6. The lowest BCUT2D eigenvalue weighted by Gasteiger charge is -2.34. The molecule has 106 valence electrons. The Hall–Kier alpha value is -1.11. The van der Waals surface area contributed by atoms with Crippen LogP contribution < -0.4 is 5.32 Å². The Kier molecular flexibility index (Phi) is 6.31. The standard InChI is InChI=1S/C9H15NO5S.C2H6/c1-7(11)9(10-8(12)15-2)3-5-16(13,14)6-4-9;1-2/h3-6H2,1-2H3,(H,10,12);1-2H3. The van der Waals surface area contributed by atoms with Crippen molar-refractivity contribution in [1.82, 2.24) is 5.32 Å². The topological polar surface area (TPSA) is 89.5 Å². The predicted molar refractivity (Wildman–Crippen MR) is 68.2 cm³/mol. The highest BCUT2D eigenvalue weighted by atomic mass is 32.2. The molecule has 0 atom stereocenters. The van der Waals surface area contributed by atoms with Gasteiger partial charge < -0.3 is 10.1 Å². The number of carbonyl (C=O) groups is 2. The third kappa shape index (κ3) is 4.29. The Balaban J connectivity index is 0.00000137. The lowest BCUT2D eigenvalue weighted by molar-refractivity contribution is -0.123. The van der Waals surface area contributed by atoms with E-state index in [1.807, 2.05) is 13.8 Å². The number of alkyl carbamates (subject to hydrolysis) is 1. The number of ketones is 1. The smallest absolute Gasteiger partial charge is 0.407 e. The maximum Gasteiger partial charge on any atom is 0.407 e. The fraction of sp³-hybridized carbons (Fsp3) is 0.818. The molecule has 1 N–H and O–H groups in total. The van der Waals surface area contributed by atoms with Crippen LogP contribution in [0.25, 0.3) is 0 Å². The number of rotatable bonds is 2. The van der Waals surface area contributed by atoms with Gasteiger partial charge in [0.15, 0.2) is 15.6 Å². The van der Waals surface area contributed by atoms with E-state index < -0.39 is 21.5 Å². The van der Waals surface area contributed by atoms with E-state index in [2.05, 4.69) is 10.1 Å². The van der Waals surface area contributed by atoms with E-state index >= 15 is 0 Å². The molecule has 0 aromatic rings. The van der Waals surface area contributed by atoms with Crippen molar-refractivity contribution in [1.29, 1.82) is 0 Å². The van der Waals surface area contributed by atoms with Crippen LogP contribution in [0.2, 0.25) is 0 Å². The second-order valence-corrected chi connectivity index (χ2v) is 6.21. The van der Waals surface area contributed by atoms with Crippen LogP contribution in [-0.2, 0) is 19.4 Å². The van der Waals surface area contributed by atoms with Gasteiger partial charge in [0.2, 0.25) is 0 Å². The van der Waals surface area contributed by atoms with Gasteiger partial charge in [0.25, 0.3) is 0 Å². The van der Waals surface area contributed by atoms with Gasteiger partial charge in [-0.15, -0.1) is 0 Å². The Bertz CT molecular complexity index is 388. The van der Waals surface area contributed by atoms with E-state index in [1.54, 1.807) is 0 Å². The molecule has 0 unspecified atom stereocenters. The van der Waals surface area contributed by atoms with Crippen LogP contribution in [0.1, 0.15) is 33.6 Å². The first-order valence-electron chi connectivity index (χ1n) is 5.89. The highest BCUT2D eigenvalue weighted by Gasteiger charge is 2.42. The first kappa shape index (κ1) is 16.9. The molecule has 6 nitrogen and oxygen atoms in total. The molecule has 1 aliphatic rings. The second-order valence-electron chi connectivity index (χ2n) is 3.91. The van der Waals surface area contributed by atoms with Gasteiger partial charge in [-0.1, -0.05) is 13.8 Å². The predicted octanol–water partition coefficient (Wildman–Crippen LogP) is 0.905. The zero-order valence-corrected chi connectivity index (χ0v) is 12.1. The Labute approximate surface area is 108 Å².